The highest BCUT2D eigenvalue weighted by atomic mass is 15.2. The smallest absolute Gasteiger partial charge is 0.246 e. The molecule has 0 spiro atoms. The number of rotatable bonds is 4. The number of hydrogen-bond donors (Lipinski definition) is 0. The van der Waals surface area contributed by atoms with E-state index in [1.165, 1.54) is 121 Å². The van der Waals surface area contributed by atoms with E-state index in [1.807, 2.05) is 0 Å². The van der Waals surface area contributed by atoms with Crippen LogP contribution in [-0.4, -0.2) is 13.4 Å². The van der Waals surface area contributed by atoms with Gasteiger partial charge in [-0.25, -0.2) is 0 Å². The van der Waals surface area contributed by atoms with Crippen molar-refractivity contribution in [2.45, 2.75) is 105 Å². The fourth-order valence-corrected chi connectivity index (χ4v) is 12.2. The molecule has 0 atom stereocenters. The van der Waals surface area contributed by atoms with E-state index < -0.39 is 0 Å². The van der Waals surface area contributed by atoms with Gasteiger partial charge < -0.3 is 9.80 Å². The fourth-order valence-electron chi connectivity index (χ4n) is 12.2. The van der Waals surface area contributed by atoms with Crippen LogP contribution in [0.1, 0.15) is 105 Å². The summed E-state index contributed by atoms with van der Waals surface area (Å²) >= 11 is 0. The largest absolute Gasteiger partial charge is 0.311 e. The number of para-hydroxylation sites is 2. The minimum Gasteiger partial charge on any atom is -0.311 e. The van der Waals surface area contributed by atoms with Gasteiger partial charge in [0.05, 0.1) is 0 Å². The topological polar surface area (TPSA) is 6.48 Å². The first-order valence-corrected chi connectivity index (χ1v) is 26.2. The Morgan fingerprint density at radius 3 is 0.931 bits per heavy atom. The van der Waals surface area contributed by atoms with Crippen LogP contribution in [-0.2, 0) is 21.7 Å². The van der Waals surface area contributed by atoms with Crippen LogP contribution < -0.4 is 42.6 Å². The standard InChI is InChI=1S/C68H66B2N2/c1-65(2,3)45-23-31-49(32-24-45)69-55-17-13-15-19-59(55)71(51-35-27-47(28-36-51)67(7,8)9)63-53-39-22-44-42-58-64(54-40-21-43(41-57(63)69)61(53)62(44)54)72(52-37-29-48(30-38-52)68(10,11)12)60-20-16-14-18-56(60)70(58)50-33-25-46(26-34-50)66(4,5)6/h13-42H,1-12H3. The minimum atomic E-state index is 0.0395. The van der Waals surface area contributed by atoms with Gasteiger partial charge in [0.1, 0.15) is 0 Å². The quantitative estimate of drug-likeness (QED) is 0.128. The predicted octanol–water partition coefficient (Wildman–Crippen LogP) is 14.4. The Labute approximate surface area is 429 Å². The lowest BCUT2D eigenvalue weighted by Crippen LogP contribution is -2.57. The Morgan fingerprint density at radius 2 is 0.611 bits per heavy atom. The summed E-state index contributed by atoms with van der Waals surface area (Å²) in [5.41, 5.74) is 20.8. The first-order valence-electron chi connectivity index (χ1n) is 26.2. The van der Waals surface area contributed by atoms with Gasteiger partial charge in [-0.05, 0) is 124 Å². The highest BCUT2D eigenvalue weighted by Gasteiger charge is 2.40. The van der Waals surface area contributed by atoms with E-state index in [9.17, 15) is 0 Å². The number of fused-ring (bicyclic) bond motifs is 6. The molecule has 0 fully saturated rings. The Kier molecular flexibility index (Phi) is 10.4. The van der Waals surface area contributed by atoms with Crippen molar-refractivity contribution in [2.75, 3.05) is 9.80 Å². The number of hydrogen-bond acceptors (Lipinski definition) is 2. The zero-order valence-electron chi connectivity index (χ0n) is 44.4. The van der Waals surface area contributed by atoms with Gasteiger partial charge in [-0.1, -0.05) is 240 Å². The van der Waals surface area contributed by atoms with Crippen LogP contribution in [0, 0.1) is 0 Å². The molecule has 2 aliphatic rings. The summed E-state index contributed by atoms with van der Waals surface area (Å²) in [7, 11) is 0. The van der Waals surface area contributed by atoms with Crippen LogP contribution in [0.25, 0.3) is 32.3 Å². The average Bonchev–Trinajstić information content (AvgIpc) is 3.35. The third kappa shape index (κ3) is 7.38. The molecule has 0 radical (unpaired) electrons. The minimum absolute atomic E-state index is 0.0395. The molecule has 4 heteroatoms. The number of benzene rings is 10. The van der Waals surface area contributed by atoms with Crippen LogP contribution in [0.15, 0.2) is 182 Å². The van der Waals surface area contributed by atoms with Crippen molar-refractivity contribution >= 4 is 113 Å². The van der Waals surface area contributed by atoms with E-state index in [2.05, 4.69) is 275 Å². The van der Waals surface area contributed by atoms with Crippen molar-refractivity contribution in [1.29, 1.82) is 0 Å². The van der Waals surface area contributed by atoms with Gasteiger partial charge in [0.2, 0.25) is 13.4 Å². The molecule has 0 saturated heterocycles. The van der Waals surface area contributed by atoms with E-state index in [1.54, 1.807) is 0 Å². The Hall–Kier alpha value is -7.03. The van der Waals surface area contributed by atoms with Gasteiger partial charge in [0, 0.05) is 44.9 Å². The molecule has 10 aromatic rings. The first kappa shape index (κ1) is 46.1. The van der Waals surface area contributed by atoms with Crippen molar-refractivity contribution in [3.63, 3.8) is 0 Å². The molecule has 0 aromatic heterocycles. The average molecular weight is 933 g/mol. The molecule has 10 aromatic carbocycles. The van der Waals surface area contributed by atoms with Crippen LogP contribution >= 0.6 is 0 Å². The lowest BCUT2D eigenvalue weighted by atomic mass is 9.34. The van der Waals surface area contributed by atoms with Gasteiger partial charge in [-0.3, -0.25) is 0 Å². The molecule has 2 heterocycles. The van der Waals surface area contributed by atoms with Crippen molar-refractivity contribution in [1.82, 2.24) is 0 Å². The monoisotopic (exact) mass is 933 g/mol. The van der Waals surface area contributed by atoms with Crippen molar-refractivity contribution in [2.24, 2.45) is 0 Å². The zero-order chi connectivity index (χ0) is 50.2. The van der Waals surface area contributed by atoms with E-state index in [-0.39, 0.29) is 35.1 Å². The third-order valence-electron chi connectivity index (χ3n) is 16.2. The summed E-state index contributed by atoms with van der Waals surface area (Å²) < 4.78 is 0. The van der Waals surface area contributed by atoms with Crippen LogP contribution in [0.3, 0.4) is 0 Å². The normalized spacial score (nSPS) is 14.0. The maximum atomic E-state index is 2.58. The Balaban J connectivity index is 1.16. The molecule has 354 valence electrons. The van der Waals surface area contributed by atoms with Gasteiger partial charge >= 0.3 is 0 Å². The summed E-state index contributed by atoms with van der Waals surface area (Å²) in [6.07, 6.45) is 0. The first-order chi connectivity index (χ1) is 34.3. The summed E-state index contributed by atoms with van der Waals surface area (Å²) in [6.45, 7) is 27.7. The van der Waals surface area contributed by atoms with Gasteiger partial charge in [0.15, 0.2) is 0 Å². The van der Waals surface area contributed by atoms with Gasteiger partial charge in [-0.15, -0.1) is 0 Å². The summed E-state index contributed by atoms with van der Waals surface area (Å²) in [5.74, 6) is 0. The molecular formula is C68H66B2N2. The molecule has 0 unspecified atom stereocenters. The summed E-state index contributed by atoms with van der Waals surface area (Å²) in [5, 5.41) is 7.73. The SMILES string of the molecule is CC(C)(C)c1ccc(B2c3ccccc3N(c3ccc(C(C)(C)C)cc3)c3c2cc2ccc4c5c(cc6ccc3c2c64)B(c2ccc(C(C)(C)C)cc2)c2ccccc2N5c2ccc(C(C)(C)C)cc2)cc1. The molecule has 0 aliphatic carbocycles. The maximum Gasteiger partial charge on any atom is 0.246 e. The van der Waals surface area contributed by atoms with Crippen LogP contribution in [0.5, 0.6) is 0 Å². The highest BCUT2D eigenvalue weighted by Crippen LogP contribution is 2.49. The van der Waals surface area contributed by atoms with Gasteiger partial charge in [-0.2, -0.15) is 0 Å². The molecule has 0 bridgehead atoms. The second-order valence-corrected chi connectivity index (χ2v) is 25.0. The summed E-state index contributed by atoms with van der Waals surface area (Å²) in [4.78, 5) is 5.16. The molecular weight excluding hydrogens is 866 g/mol. The highest BCUT2D eigenvalue weighted by molar-refractivity contribution is 6.99. The van der Waals surface area contributed by atoms with Crippen LogP contribution in [0.2, 0.25) is 0 Å². The van der Waals surface area contributed by atoms with E-state index in [4.69, 9.17) is 0 Å². The second-order valence-electron chi connectivity index (χ2n) is 25.0. The number of nitrogens with zero attached hydrogens (tertiary/aromatic N) is 2. The molecule has 12 rings (SSSR count). The van der Waals surface area contributed by atoms with Crippen molar-refractivity contribution in [3.8, 4) is 0 Å². The molecule has 0 amide bonds. The molecule has 2 nitrogen and oxygen atoms in total. The van der Waals surface area contributed by atoms with Crippen molar-refractivity contribution < 1.29 is 0 Å². The molecule has 2 aliphatic heterocycles. The van der Waals surface area contributed by atoms with Gasteiger partial charge in [0.25, 0.3) is 0 Å². The lowest BCUT2D eigenvalue weighted by molar-refractivity contribution is 0.590. The van der Waals surface area contributed by atoms with Crippen LogP contribution in [0.4, 0.5) is 34.1 Å². The molecule has 0 N–H and O–H groups in total. The second kappa shape index (κ2) is 16.2. The molecule has 72 heavy (non-hydrogen) atoms. The third-order valence-corrected chi connectivity index (χ3v) is 16.2. The predicted molar refractivity (Wildman–Crippen MR) is 317 cm³/mol. The lowest BCUT2D eigenvalue weighted by Gasteiger charge is -2.40. The maximum absolute atomic E-state index is 2.58. The zero-order valence-corrected chi connectivity index (χ0v) is 44.4. The van der Waals surface area contributed by atoms with E-state index in [0.29, 0.717) is 0 Å². The Bertz CT molecular complexity index is 3460. The van der Waals surface area contributed by atoms with E-state index >= 15 is 0 Å². The number of anilines is 6. The molecule has 0 saturated carbocycles. The summed E-state index contributed by atoms with van der Waals surface area (Å²) in [6, 6.07) is 70.9. The Morgan fingerprint density at radius 1 is 0.306 bits per heavy atom. The van der Waals surface area contributed by atoms with E-state index in [0.717, 1.165) is 0 Å². The fraction of sp³-hybridized carbons (Fsp3) is 0.235. The van der Waals surface area contributed by atoms with Crippen molar-refractivity contribution in [3.05, 3.63) is 204 Å².